The van der Waals surface area contributed by atoms with Crippen LogP contribution in [-0.4, -0.2) is 37.2 Å². The number of nitrogens with zero attached hydrogens (tertiary/aromatic N) is 2. The van der Waals surface area contributed by atoms with Crippen LogP contribution in [0.25, 0.3) is 0 Å². The number of nitrogens with one attached hydrogen (secondary N) is 1. The summed E-state index contributed by atoms with van der Waals surface area (Å²) >= 11 is 0. The molecule has 144 valence electrons. The minimum absolute atomic E-state index is 0.442. The normalized spacial score (nSPS) is 15.9. The molecule has 0 atom stereocenters. The van der Waals surface area contributed by atoms with Gasteiger partial charge in [0.1, 0.15) is 0 Å². The Morgan fingerprint density at radius 2 is 1.85 bits per heavy atom. The molecule has 0 radical (unpaired) electrons. The van der Waals surface area contributed by atoms with Crippen LogP contribution in [0.1, 0.15) is 36.5 Å². The molecule has 3 rings (SSSR count). The molecule has 1 saturated heterocycles. The maximum Gasteiger partial charge on any atom is 0.193 e. The lowest BCUT2D eigenvalue weighted by Crippen LogP contribution is -2.35. The van der Waals surface area contributed by atoms with E-state index in [1.165, 1.54) is 16.7 Å². The third-order valence-electron chi connectivity index (χ3n) is 4.86. The van der Waals surface area contributed by atoms with Crippen LogP contribution >= 0.6 is 0 Å². The van der Waals surface area contributed by atoms with E-state index >= 15 is 0 Å². The summed E-state index contributed by atoms with van der Waals surface area (Å²) in [5.74, 6) is 0.925. The second-order valence-electron chi connectivity index (χ2n) is 7.26. The highest BCUT2D eigenvalue weighted by Gasteiger charge is 2.12. The van der Waals surface area contributed by atoms with E-state index < -0.39 is 0 Å². The lowest BCUT2D eigenvalue weighted by Gasteiger charge is -2.27. The topological polar surface area (TPSA) is 62.9 Å². The molecule has 1 fully saturated rings. The first kappa shape index (κ1) is 19.4. The van der Waals surface area contributed by atoms with E-state index in [0.717, 1.165) is 38.5 Å². The highest BCUT2D eigenvalue weighted by molar-refractivity contribution is 5.92. The van der Waals surface area contributed by atoms with Gasteiger partial charge in [-0.3, -0.25) is 4.90 Å². The molecule has 2 aromatic carbocycles. The molecule has 0 aromatic heterocycles. The molecule has 5 nitrogen and oxygen atoms in total. The van der Waals surface area contributed by atoms with Gasteiger partial charge in [-0.25, -0.2) is 4.99 Å². The Bertz CT molecular complexity index is 766. The number of ether oxygens (including phenoxy) is 1. The third kappa shape index (κ3) is 5.81. The summed E-state index contributed by atoms with van der Waals surface area (Å²) in [6.45, 7) is 9.45. The lowest BCUT2D eigenvalue weighted by atomic mass is 10.0. The molecule has 0 unspecified atom stereocenters. The summed E-state index contributed by atoms with van der Waals surface area (Å²) in [5.41, 5.74) is 10.9. The number of benzene rings is 2. The van der Waals surface area contributed by atoms with E-state index in [1.54, 1.807) is 0 Å². The molecule has 1 heterocycles. The number of hydrogen-bond donors (Lipinski definition) is 2. The summed E-state index contributed by atoms with van der Waals surface area (Å²) in [7, 11) is 0. The quantitative estimate of drug-likeness (QED) is 0.606. The first-order chi connectivity index (χ1) is 13.1. The minimum Gasteiger partial charge on any atom is -0.379 e. The van der Waals surface area contributed by atoms with Gasteiger partial charge in [-0.15, -0.1) is 0 Å². The van der Waals surface area contributed by atoms with E-state index in [2.05, 4.69) is 65.5 Å². The Balaban J connectivity index is 1.63. The van der Waals surface area contributed by atoms with Crippen molar-refractivity contribution in [3.05, 3.63) is 65.2 Å². The van der Waals surface area contributed by atoms with E-state index in [9.17, 15) is 0 Å². The predicted molar refractivity (Wildman–Crippen MR) is 112 cm³/mol. The molecule has 5 heteroatoms. The van der Waals surface area contributed by atoms with Crippen molar-refractivity contribution in [3.8, 4) is 0 Å². The van der Waals surface area contributed by atoms with Crippen molar-refractivity contribution in [1.29, 1.82) is 0 Å². The number of morpholine rings is 1. The largest absolute Gasteiger partial charge is 0.379 e. The van der Waals surface area contributed by atoms with Crippen molar-refractivity contribution in [3.63, 3.8) is 0 Å². The van der Waals surface area contributed by atoms with Gasteiger partial charge in [0.25, 0.3) is 0 Å². The fourth-order valence-electron chi connectivity index (χ4n) is 3.20. The monoisotopic (exact) mass is 366 g/mol. The summed E-state index contributed by atoms with van der Waals surface area (Å²) in [5, 5.41) is 3.21. The molecule has 1 aliphatic rings. The Morgan fingerprint density at radius 3 is 2.59 bits per heavy atom. The molecular weight excluding hydrogens is 336 g/mol. The van der Waals surface area contributed by atoms with Gasteiger partial charge in [0.15, 0.2) is 5.96 Å². The summed E-state index contributed by atoms with van der Waals surface area (Å²) in [6.07, 6.45) is 0. The maximum atomic E-state index is 6.13. The smallest absolute Gasteiger partial charge is 0.193 e. The van der Waals surface area contributed by atoms with Gasteiger partial charge in [0.2, 0.25) is 0 Å². The van der Waals surface area contributed by atoms with Crippen molar-refractivity contribution in [1.82, 2.24) is 4.90 Å². The molecule has 0 spiro atoms. The molecule has 0 saturated carbocycles. The van der Waals surface area contributed by atoms with Crippen LogP contribution < -0.4 is 11.1 Å². The van der Waals surface area contributed by atoms with Crippen molar-refractivity contribution >= 4 is 11.6 Å². The maximum absolute atomic E-state index is 6.13. The Morgan fingerprint density at radius 1 is 1.11 bits per heavy atom. The van der Waals surface area contributed by atoms with Crippen LogP contribution in [0.4, 0.5) is 5.69 Å². The molecular formula is C22H30N4O. The fraction of sp³-hybridized carbons (Fsp3) is 0.409. The van der Waals surface area contributed by atoms with Crippen molar-refractivity contribution in [2.75, 3.05) is 31.6 Å². The number of nitrogens with two attached hydrogens (primary N) is 1. The average Bonchev–Trinajstić information content (AvgIpc) is 2.68. The van der Waals surface area contributed by atoms with Crippen LogP contribution in [0.5, 0.6) is 0 Å². The SMILES string of the molecule is CC(C)c1cccc(NC(N)=NCc2ccccc2CN2CCOCC2)c1. The molecule has 0 amide bonds. The summed E-state index contributed by atoms with van der Waals surface area (Å²) in [6, 6.07) is 16.8. The standard InChI is InChI=1S/C22H30N4O/c1-17(2)18-8-5-9-21(14-18)25-22(23)24-15-19-6-3-4-7-20(19)16-26-10-12-27-13-11-26/h3-9,14,17H,10-13,15-16H2,1-2H3,(H3,23,24,25). The summed E-state index contributed by atoms with van der Waals surface area (Å²) < 4.78 is 5.44. The van der Waals surface area contributed by atoms with Gasteiger partial charge in [-0.05, 0) is 34.7 Å². The van der Waals surface area contributed by atoms with E-state index in [1.807, 2.05) is 12.1 Å². The van der Waals surface area contributed by atoms with Crippen LogP contribution in [0.2, 0.25) is 0 Å². The Hall–Kier alpha value is -2.37. The fourth-order valence-corrected chi connectivity index (χ4v) is 3.20. The molecule has 2 aromatic rings. The van der Waals surface area contributed by atoms with E-state index in [0.29, 0.717) is 18.4 Å². The minimum atomic E-state index is 0.442. The molecule has 27 heavy (non-hydrogen) atoms. The van der Waals surface area contributed by atoms with Gasteiger partial charge in [0, 0.05) is 25.3 Å². The highest BCUT2D eigenvalue weighted by Crippen LogP contribution is 2.18. The van der Waals surface area contributed by atoms with Crippen LogP contribution in [0, 0.1) is 0 Å². The molecule has 0 aliphatic carbocycles. The van der Waals surface area contributed by atoms with Crippen LogP contribution in [-0.2, 0) is 17.8 Å². The van der Waals surface area contributed by atoms with Crippen molar-refractivity contribution in [2.24, 2.45) is 10.7 Å². The number of guanidine groups is 1. The van der Waals surface area contributed by atoms with Gasteiger partial charge in [-0.2, -0.15) is 0 Å². The van der Waals surface area contributed by atoms with Gasteiger partial charge < -0.3 is 15.8 Å². The summed E-state index contributed by atoms with van der Waals surface area (Å²) in [4.78, 5) is 6.98. The van der Waals surface area contributed by atoms with E-state index in [-0.39, 0.29) is 0 Å². The Labute approximate surface area is 162 Å². The second-order valence-corrected chi connectivity index (χ2v) is 7.26. The first-order valence-corrected chi connectivity index (χ1v) is 9.65. The zero-order valence-corrected chi connectivity index (χ0v) is 16.3. The lowest BCUT2D eigenvalue weighted by molar-refractivity contribution is 0.0341. The molecule has 3 N–H and O–H groups in total. The highest BCUT2D eigenvalue weighted by atomic mass is 16.5. The molecule has 0 bridgehead atoms. The zero-order chi connectivity index (χ0) is 19.1. The van der Waals surface area contributed by atoms with Gasteiger partial charge in [0.05, 0.1) is 19.8 Å². The molecule has 1 aliphatic heterocycles. The van der Waals surface area contributed by atoms with Gasteiger partial charge in [-0.1, -0.05) is 50.2 Å². The third-order valence-corrected chi connectivity index (χ3v) is 4.86. The average molecular weight is 367 g/mol. The first-order valence-electron chi connectivity index (χ1n) is 9.65. The van der Waals surface area contributed by atoms with Gasteiger partial charge >= 0.3 is 0 Å². The number of hydrogen-bond acceptors (Lipinski definition) is 3. The zero-order valence-electron chi connectivity index (χ0n) is 16.3. The number of rotatable bonds is 6. The second kappa shape index (κ2) is 9.53. The van der Waals surface area contributed by atoms with Crippen LogP contribution in [0.3, 0.4) is 0 Å². The van der Waals surface area contributed by atoms with Crippen molar-refractivity contribution < 1.29 is 4.74 Å². The van der Waals surface area contributed by atoms with Crippen molar-refractivity contribution in [2.45, 2.75) is 32.9 Å². The van der Waals surface area contributed by atoms with Crippen LogP contribution in [0.15, 0.2) is 53.5 Å². The predicted octanol–water partition coefficient (Wildman–Crippen LogP) is 3.57. The number of aliphatic imine (C=N–C) groups is 1. The Kier molecular flexibility index (Phi) is 6.85. The van der Waals surface area contributed by atoms with E-state index in [4.69, 9.17) is 10.5 Å². The number of anilines is 1.